The minimum absolute atomic E-state index is 0.127. The molecular formula is C14H15N5S2. The normalized spacial score (nSPS) is 15.9. The maximum Gasteiger partial charge on any atom is 0.145 e. The molecule has 0 aromatic carbocycles. The Kier molecular flexibility index (Phi) is 3.31. The van der Waals surface area contributed by atoms with Crippen molar-refractivity contribution < 1.29 is 0 Å². The fourth-order valence-electron chi connectivity index (χ4n) is 2.58. The Morgan fingerprint density at radius 1 is 1.29 bits per heavy atom. The first-order valence-electron chi connectivity index (χ1n) is 7.11. The van der Waals surface area contributed by atoms with Crippen molar-refractivity contribution in [3.8, 4) is 10.7 Å². The summed E-state index contributed by atoms with van der Waals surface area (Å²) < 4.78 is 1.89. The van der Waals surface area contributed by atoms with Crippen LogP contribution in [0.5, 0.6) is 0 Å². The predicted molar refractivity (Wildman–Crippen MR) is 83.7 cm³/mol. The van der Waals surface area contributed by atoms with E-state index in [2.05, 4.69) is 22.2 Å². The molecule has 0 amide bonds. The molecule has 1 atom stereocenters. The lowest BCUT2D eigenvalue weighted by Gasteiger charge is -2.07. The maximum atomic E-state index is 4.82. The second kappa shape index (κ2) is 5.31. The highest BCUT2D eigenvalue weighted by Crippen LogP contribution is 2.31. The summed E-state index contributed by atoms with van der Waals surface area (Å²) in [5.41, 5.74) is 2.13. The molecule has 1 aliphatic carbocycles. The van der Waals surface area contributed by atoms with Crippen LogP contribution in [0.4, 0.5) is 0 Å². The molecule has 0 fully saturated rings. The summed E-state index contributed by atoms with van der Waals surface area (Å²) in [5.74, 6) is 0. The Labute approximate surface area is 130 Å². The number of hydrogen-bond donors (Lipinski definition) is 0. The highest BCUT2D eigenvalue weighted by atomic mass is 32.1. The number of fused-ring (bicyclic) bond motifs is 1. The van der Waals surface area contributed by atoms with Gasteiger partial charge >= 0.3 is 0 Å². The van der Waals surface area contributed by atoms with E-state index in [0.717, 1.165) is 22.1 Å². The second-order valence-corrected chi connectivity index (χ2v) is 7.24. The van der Waals surface area contributed by atoms with Crippen LogP contribution < -0.4 is 0 Å². The van der Waals surface area contributed by atoms with Crippen molar-refractivity contribution in [3.05, 3.63) is 33.4 Å². The molecule has 7 heteroatoms. The van der Waals surface area contributed by atoms with Gasteiger partial charge in [-0.05, 0) is 32.6 Å². The monoisotopic (exact) mass is 317 g/mol. The van der Waals surface area contributed by atoms with Gasteiger partial charge in [-0.2, -0.15) is 0 Å². The first kappa shape index (κ1) is 13.1. The van der Waals surface area contributed by atoms with Crippen molar-refractivity contribution in [2.45, 2.75) is 38.6 Å². The quantitative estimate of drug-likeness (QED) is 0.743. The van der Waals surface area contributed by atoms with E-state index in [1.807, 2.05) is 27.6 Å². The molecule has 4 rings (SSSR count). The molecule has 108 valence electrons. The van der Waals surface area contributed by atoms with Gasteiger partial charge in [0.1, 0.15) is 21.8 Å². The number of hydrogen-bond acceptors (Lipinski definition) is 6. The standard InChI is InChI=1S/C14H15N5S2/c1-9(13-16-10-4-2-3-5-12(10)21-13)19-8-11(17-18-19)14-15-6-7-20-14/h6-9H,2-5H2,1H3/t9-/m0/s1. The van der Waals surface area contributed by atoms with Gasteiger partial charge in [0.15, 0.2) is 0 Å². The summed E-state index contributed by atoms with van der Waals surface area (Å²) in [7, 11) is 0. The molecule has 0 aliphatic heterocycles. The van der Waals surface area contributed by atoms with Gasteiger partial charge < -0.3 is 0 Å². The molecular weight excluding hydrogens is 302 g/mol. The Hall–Kier alpha value is -1.60. The van der Waals surface area contributed by atoms with Crippen LogP contribution in [0.15, 0.2) is 17.8 Å². The van der Waals surface area contributed by atoms with Gasteiger partial charge in [-0.25, -0.2) is 14.6 Å². The van der Waals surface area contributed by atoms with Crippen molar-refractivity contribution in [1.29, 1.82) is 0 Å². The average Bonchev–Trinajstić information content (AvgIpc) is 3.24. The van der Waals surface area contributed by atoms with Gasteiger partial charge in [0, 0.05) is 16.5 Å². The zero-order valence-electron chi connectivity index (χ0n) is 11.7. The molecule has 3 aromatic rings. The molecule has 0 bridgehead atoms. The summed E-state index contributed by atoms with van der Waals surface area (Å²) in [4.78, 5) is 10.6. The van der Waals surface area contributed by atoms with Crippen molar-refractivity contribution in [1.82, 2.24) is 25.0 Å². The van der Waals surface area contributed by atoms with Gasteiger partial charge in [0.05, 0.1) is 11.9 Å². The molecule has 5 nitrogen and oxygen atoms in total. The van der Waals surface area contributed by atoms with Crippen molar-refractivity contribution >= 4 is 22.7 Å². The zero-order valence-corrected chi connectivity index (χ0v) is 13.3. The highest BCUT2D eigenvalue weighted by molar-refractivity contribution is 7.13. The molecule has 0 unspecified atom stereocenters. The average molecular weight is 317 g/mol. The van der Waals surface area contributed by atoms with Crippen LogP contribution in [0.25, 0.3) is 10.7 Å². The van der Waals surface area contributed by atoms with Gasteiger partial charge in [0.25, 0.3) is 0 Å². The first-order chi connectivity index (χ1) is 10.3. The Bertz CT molecular complexity index is 720. The summed E-state index contributed by atoms with van der Waals surface area (Å²) in [6, 6.07) is 0.127. The fraction of sp³-hybridized carbons (Fsp3) is 0.429. The van der Waals surface area contributed by atoms with E-state index in [-0.39, 0.29) is 6.04 Å². The van der Waals surface area contributed by atoms with Crippen molar-refractivity contribution in [2.24, 2.45) is 0 Å². The molecule has 0 radical (unpaired) electrons. The lowest BCUT2D eigenvalue weighted by atomic mass is 10.0. The summed E-state index contributed by atoms with van der Waals surface area (Å²) in [6.45, 7) is 2.13. The largest absolute Gasteiger partial charge is 0.244 e. The van der Waals surface area contributed by atoms with Crippen LogP contribution in [0.1, 0.15) is 41.4 Å². The van der Waals surface area contributed by atoms with Crippen LogP contribution in [0.3, 0.4) is 0 Å². The topological polar surface area (TPSA) is 56.5 Å². The van der Waals surface area contributed by atoms with E-state index in [1.165, 1.54) is 29.8 Å². The third kappa shape index (κ3) is 2.40. The SMILES string of the molecule is C[C@@H](c1nc2c(s1)CCCC2)n1cc(-c2nccs2)nn1. The maximum absolute atomic E-state index is 4.82. The highest BCUT2D eigenvalue weighted by Gasteiger charge is 2.20. The minimum atomic E-state index is 0.127. The second-order valence-electron chi connectivity index (χ2n) is 5.23. The van der Waals surface area contributed by atoms with E-state index in [4.69, 9.17) is 4.98 Å². The van der Waals surface area contributed by atoms with Crippen LogP contribution in [-0.4, -0.2) is 25.0 Å². The van der Waals surface area contributed by atoms with E-state index < -0.39 is 0 Å². The summed E-state index contributed by atoms with van der Waals surface area (Å²) in [6.07, 6.45) is 8.62. The number of thiazole rings is 2. The van der Waals surface area contributed by atoms with Crippen LogP contribution in [0, 0.1) is 0 Å². The number of aromatic nitrogens is 5. The van der Waals surface area contributed by atoms with Gasteiger partial charge in [-0.3, -0.25) is 0 Å². The third-order valence-electron chi connectivity index (χ3n) is 3.78. The fourth-order valence-corrected chi connectivity index (χ4v) is 4.36. The van der Waals surface area contributed by atoms with Crippen molar-refractivity contribution in [2.75, 3.05) is 0 Å². The number of rotatable bonds is 3. The van der Waals surface area contributed by atoms with Crippen LogP contribution in [0.2, 0.25) is 0 Å². The molecule has 0 saturated carbocycles. The van der Waals surface area contributed by atoms with Gasteiger partial charge in [-0.1, -0.05) is 5.21 Å². The molecule has 1 aliphatic rings. The van der Waals surface area contributed by atoms with Crippen LogP contribution >= 0.6 is 22.7 Å². The molecule has 0 spiro atoms. The van der Waals surface area contributed by atoms with E-state index >= 15 is 0 Å². The summed E-state index contributed by atoms with van der Waals surface area (Å²) >= 11 is 3.41. The Morgan fingerprint density at radius 3 is 3.00 bits per heavy atom. The van der Waals surface area contributed by atoms with E-state index in [9.17, 15) is 0 Å². The first-order valence-corrected chi connectivity index (χ1v) is 8.81. The van der Waals surface area contributed by atoms with E-state index in [0.29, 0.717) is 0 Å². The van der Waals surface area contributed by atoms with Crippen LogP contribution in [-0.2, 0) is 12.8 Å². The smallest absolute Gasteiger partial charge is 0.145 e. The van der Waals surface area contributed by atoms with E-state index in [1.54, 1.807) is 17.5 Å². The molecule has 3 heterocycles. The lowest BCUT2D eigenvalue weighted by Crippen LogP contribution is -2.07. The minimum Gasteiger partial charge on any atom is -0.244 e. The summed E-state index contributed by atoms with van der Waals surface area (Å²) in [5, 5.41) is 12.5. The number of nitrogens with zero attached hydrogens (tertiary/aromatic N) is 5. The van der Waals surface area contributed by atoms with Gasteiger partial charge in [-0.15, -0.1) is 27.8 Å². The van der Waals surface area contributed by atoms with Crippen molar-refractivity contribution in [3.63, 3.8) is 0 Å². The molecule has 0 N–H and O–H groups in total. The van der Waals surface area contributed by atoms with Gasteiger partial charge in [0.2, 0.25) is 0 Å². The zero-order chi connectivity index (χ0) is 14.2. The lowest BCUT2D eigenvalue weighted by molar-refractivity contribution is 0.539. The predicted octanol–water partition coefficient (Wildman–Crippen LogP) is 3.35. The molecule has 3 aromatic heterocycles. The molecule has 0 saturated heterocycles. The Morgan fingerprint density at radius 2 is 2.19 bits per heavy atom. The Balaban J connectivity index is 1.62. The molecule has 21 heavy (non-hydrogen) atoms. The number of aryl methyl sites for hydroxylation is 2. The third-order valence-corrected chi connectivity index (χ3v) is 5.90.